The van der Waals surface area contributed by atoms with Crippen molar-refractivity contribution in [1.82, 2.24) is 4.98 Å². The van der Waals surface area contributed by atoms with E-state index in [0.717, 1.165) is 19.1 Å². The molecule has 0 radical (unpaired) electrons. The summed E-state index contributed by atoms with van der Waals surface area (Å²) in [5, 5.41) is -0.0981. The van der Waals surface area contributed by atoms with Crippen LogP contribution in [0.2, 0.25) is 0 Å². The van der Waals surface area contributed by atoms with Crippen molar-refractivity contribution < 1.29 is 22.7 Å². The Morgan fingerprint density at radius 3 is 2.53 bits per heavy atom. The molecule has 0 aliphatic heterocycles. The van der Waals surface area contributed by atoms with Gasteiger partial charge in [-0.15, -0.1) is 0 Å². The van der Waals surface area contributed by atoms with Gasteiger partial charge in [0, 0.05) is 18.0 Å². The Bertz CT molecular complexity index is 602. The lowest BCUT2D eigenvalue weighted by Gasteiger charge is -2.03. The maximum atomic E-state index is 11.7. The van der Waals surface area contributed by atoms with E-state index >= 15 is 0 Å². The van der Waals surface area contributed by atoms with Crippen molar-refractivity contribution in [3.05, 3.63) is 23.9 Å². The highest BCUT2D eigenvalue weighted by molar-refractivity contribution is 7.90. The maximum Gasteiger partial charge on any atom is 0.309 e. The second kappa shape index (κ2) is 5.08. The van der Waals surface area contributed by atoms with E-state index < -0.39 is 15.6 Å². The molecule has 1 aromatic rings. The summed E-state index contributed by atoms with van der Waals surface area (Å²) in [6, 6.07) is 2.61. The molecule has 19 heavy (non-hydrogen) atoms. The number of Topliss-reactive ketones (excluding diaryl/α,β-unsaturated/α-hetero) is 1. The van der Waals surface area contributed by atoms with Crippen LogP contribution in [0.5, 0.6) is 0 Å². The maximum absolute atomic E-state index is 11.7. The van der Waals surface area contributed by atoms with Crippen LogP contribution in [0.25, 0.3) is 0 Å². The van der Waals surface area contributed by atoms with E-state index in [1.165, 1.54) is 18.3 Å². The molecule has 1 saturated carbocycles. The molecule has 1 aliphatic rings. The molecule has 6 nitrogen and oxygen atoms in total. The van der Waals surface area contributed by atoms with E-state index in [1.807, 2.05) is 0 Å². The Balaban J connectivity index is 1.97. The molecule has 0 bridgehead atoms. The van der Waals surface area contributed by atoms with Gasteiger partial charge in [-0.05, 0) is 25.0 Å². The standard InChI is InChI=1S/C12H13NO5S/c1-19(16,17)11-5-4-9(6-13-11)10(14)7-18-12(15)8-2-3-8/h4-6,8H,2-3,7H2,1H3. The molecule has 0 spiro atoms. The molecule has 1 heterocycles. The van der Waals surface area contributed by atoms with Crippen LogP contribution in [0.4, 0.5) is 0 Å². The van der Waals surface area contributed by atoms with Gasteiger partial charge >= 0.3 is 5.97 Å². The Morgan fingerprint density at radius 2 is 2.05 bits per heavy atom. The summed E-state index contributed by atoms with van der Waals surface area (Å²) >= 11 is 0. The van der Waals surface area contributed by atoms with Gasteiger partial charge in [-0.1, -0.05) is 0 Å². The fourth-order valence-electron chi connectivity index (χ4n) is 1.42. The molecule has 1 fully saturated rings. The van der Waals surface area contributed by atoms with E-state index in [4.69, 9.17) is 4.74 Å². The third-order valence-corrected chi connectivity index (χ3v) is 3.70. The van der Waals surface area contributed by atoms with Crippen LogP contribution in [-0.2, 0) is 19.4 Å². The first kappa shape index (κ1) is 13.7. The molecule has 1 aromatic heterocycles. The van der Waals surface area contributed by atoms with Gasteiger partial charge in [0.2, 0.25) is 5.78 Å². The van der Waals surface area contributed by atoms with E-state index in [-0.39, 0.29) is 29.1 Å². The van der Waals surface area contributed by atoms with Crippen LogP contribution in [-0.4, -0.2) is 38.0 Å². The number of carbonyl (C=O) groups excluding carboxylic acids is 2. The summed E-state index contributed by atoms with van der Waals surface area (Å²) < 4.78 is 27.2. The second-order valence-corrected chi connectivity index (χ2v) is 6.43. The molecule has 1 aliphatic carbocycles. The second-order valence-electron chi connectivity index (χ2n) is 4.46. The third kappa shape index (κ3) is 3.60. The summed E-state index contributed by atoms with van der Waals surface area (Å²) in [7, 11) is -3.38. The number of hydrogen-bond acceptors (Lipinski definition) is 6. The monoisotopic (exact) mass is 283 g/mol. The largest absolute Gasteiger partial charge is 0.457 e. The van der Waals surface area contributed by atoms with E-state index in [0.29, 0.717) is 0 Å². The first-order valence-corrected chi connectivity index (χ1v) is 7.63. The topological polar surface area (TPSA) is 90.4 Å². The minimum absolute atomic E-state index is 0.0569. The molecule has 0 atom stereocenters. The van der Waals surface area contributed by atoms with Crippen molar-refractivity contribution in [2.45, 2.75) is 17.9 Å². The number of carbonyl (C=O) groups is 2. The predicted octanol–water partition coefficient (Wildman–Crippen LogP) is 0.621. The van der Waals surface area contributed by atoms with E-state index in [2.05, 4.69) is 4.98 Å². The molecule has 7 heteroatoms. The van der Waals surface area contributed by atoms with Gasteiger partial charge in [-0.3, -0.25) is 9.59 Å². The number of esters is 1. The SMILES string of the molecule is CS(=O)(=O)c1ccc(C(=O)COC(=O)C2CC2)cn1. The molecule has 0 amide bonds. The van der Waals surface area contributed by atoms with Crippen LogP contribution in [0.3, 0.4) is 0 Å². The highest BCUT2D eigenvalue weighted by atomic mass is 32.2. The smallest absolute Gasteiger partial charge is 0.309 e. The predicted molar refractivity (Wildman–Crippen MR) is 65.4 cm³/mol. The molecule has 102 valence electrons. The van der Waals surface area contributed by atoms with Crippen LogP contribution in [0.15, 0.2) is 23.4 Å². The number of nitrogens with zero attached hydrogens (tertiary/aromatic N) is 1. The zero-order chi connectivity index (χ0) is 14.0. The van der Waals surface area contributed by atoms with E-state index in [9.17, 15) is 18.0 Å². The van der Waals surface area contributed by atoms with Crippen molar-refractivity contribution in [1.29, 1.82) is 0 Å². The normalized spacial score (nSPS) is 15.0. The number of ketones is 1. The Hall–Kier alpha value is -1.76. The Kier molecular flexibility index (Phi) is 3.66. The lowest BCUT2D eigenvalue weighted by atomic mass is 10.2. The summed E-state index contributed by atoms with van der Waals surface area (Å²) in [5.74, 6) is -0.811. The number of sulfone groups is 1. The van der Waals surface area contributed by atoms with Crippen molar-refractivity contribution in [2.75, 3.05) is 12.9 Å². The molecule has 0 N–H and O–H groups in total. The van der Waals surface area contributed by atoms with Gasteiger partial charge < -0.3 is 4.74 Å². The fraction of sp³-hybridized carbons (Fsp3) is 0.417. The summed E-state index contributed by atoms with van der Waals surface area (Å²) in [5.41, 5.74) is 0.219. The summed E-state index contributed by atoms with van der Waals surface area (Å²) in [6.45, 7) is -0.338. The molecule has 2 rings (SSSR count). The summed E-state index contributed by atoms with van der Waals surface area (Å²) in [4.78, 5) is 26.6. The molecular weight excluding hydrogens is 270 g/mol. The summed E-state index contributed by atoms with van der Waals surface area (Å²) in [6.07, 6.45) is 3.84. The number of ether oxygens (including phenoxy) is 1. The minimum atomic E-state index is -3.38. The number of pyridine rings is 1. The van der Waals surface area contributed by atoms with Crippen LogP contribution < -0.4 is 0 Å². The third-order valence-electron chi connectivity index (χ3n) is 2.69. The van der Waals surface area contributed by atoms with Crippen LogP contribution >= 0.6 is 0 Å². The zero-order valence-electron chi connectivity index (χ0n) is 10.3. The average Bonchev–Trinajstić information content (AvgIpc) is 3.19. The number of aromatic nitrogens is 1. The lowest BCUT2D eigenvalue weighted by Crippen LogP contribution is -2.15. The fourth-order valence-corrected chi connectivity index (χ4v) is 1.98. The van der Waals surface area contributed by atoms with Gasteiger partial charge in [-0.2, -0.15) is 0 Å². The molecule has 0 unspecified atom stereocenters. The van der Waals surface area contributed by atoms with Gasteiger partial charge in [-0.25, -0.2) is 13.4 Å². The Morgan fingerprint density at radius 1 is 1.37 bits per heavy atom. The van der Waals surface area contributed by atoms with Gasteiger partial charge in [0.1, 0.15) is 0 Å². The van der Waals surface area contributed by atoms with Crippen LogP contribution in [0.1, 0.15) is 23.2 Å². The lowest BCUT2D eigenvalue weighted by molar-refractivity contribution is -0.144. The molecular formula is C12H13NO5S. The minimum Gasteiger partial charge on any atom is -0.457 e. The quantitative estimate of drug-likeness (QED) is 0.581. The van der Waals surface area contributed by atoms with Crippen molar-refractivity contribution >= 4 is 21.6 Å². The first-order valence-electron chi connectivity index (χ1n) is 5.74. The van der Waals surface area contributed by atoms with E-state index in [1.54, 1.807) is 0 Å². The molecule has 0 saturated heterocycles. The Labute approximate surface area is 110 Å². The van der Waals surface area contributed by atoms with Crippen molar-refractivity contribution in [2.24, 2.45) is 5.92 Å². The van der Waals surface area contributed by atoms with Gasteiger partial charge in [0.15, 0.2) is 21.5 Å². The zero-order valence-corrected chi connectivity index (χ0v) is 11.1. The first-order chi connectivity index (χ1) is 8.88. The van der Waals surface area contributed by atoms with Gasteiger partial charge in [0.25, 0.3) is 0 Å². The van der Waals surface area contributed by atoms with Crippen molar-refractivity contribution in [3.8, 4) is 0 Å². The highest BCUT2D eigenvalue weighted by Crippen LogP contribution is 2.30. The molecule has 0 aromatic carbocycles. The number of hydrogen-bond donors (Lipinski definition) is 0. The van der Waals surface area contributed by atoms with Gasteiger partial charge in [0.05, 0.1) is 5.92 Å². The van der Waals surface area contributed by atoms with Crippen LogP contribution in [0, 0.1) is 5.92 Å². The number of rotatable bonds is 5. The highest BCUT2D eigenvalue weighted by Gasteiger charge is 2.31. The van der Waals surface area contributed by atoms with Crippen molar-refractivity contribution in [3.63, 3.8) is 0 Å². The average molecular weight is 283 g/mol.